The summed E-state index contributed by atoms with van der Waals surface area (Å²) in [5.41, 5.74) is 5.24. The quantitative estimate of drug-likeness (QED) is 0.341. The summed E-state index contributed by atoms with van der Waals surface area (Å²) in [5, 5.41) is 13.4. The first-order chi connectivity index (χ1) is 10.4. The number of nitro groups is 1. The Labute approximate surface area is 127 Å². The third kappa shape index (κ3) is 4.72. The lowest BCUT2D eigenvalue weighted by atomic mass is 10.1. The van der Waals surface area contributed by atoms with Gasteiger partial charge in [-0.15, -0.1) is 0 Å². The summed E-state index contributed by atoms with van der Waals surface area (Å²) in [4.78, 5) is 33.6. The minimum Gasteiger partial charge on any atom is -0.452 e. The topological polar surface area (TPSA) is 125 Å². The van der Waals surface area contributed by atoms with E-state index in [2.05, 4.69) is 5.32 Å². The Morgan fingerprint density at radius 1 is 1.36 bits per heavy atom. The van der Waals surface area contributed by atoms with Crippen LogP contribution in [0.5, 0.6) is 0 Å². The molecule has 0 aliphatic carbocycles. The maximum atomic E-state index is 11.9. The molecule has 3 N–H and O–H groups in total. The minimum atomic E-state index is -0.874. The lowest BCUT2D eigenvalue weighted by molar-refractivity contribution is -0.384. The fourth-order valence-electron chi connectivity index (χ4n) is 1.81. The normalized spacial score (nSPS) is 10.3. The van der Waals surface area contributed by atoms with E-state index in [1.165, 1.54) is 12.1 Å². The van der Waals surface area contributed by atoms with Crippen molar-refractivity contribution in [1.82, 2.24) is 5.32 Å². The molecule has 0 aliphatic heterocycles. The van der Waals surface area contributed by atoms with Gasteiger partial charge in [-0.05, 0) is 18.9 Å². The zero-order valence-electron chi connectivity index (χ0n) is 12.5. The van der Waals surface area contributed by atoms with Crippen LogP contribution in [0.3, 0.4) is 0 Å². The van der Waals surface area contributed by atoms with Crippen LogP contribution in [0, 0.1) is 10.1 Å². The molecule has 0 aliphatic rings. The number of carbonyl (C=O) groups is 2. The van der Waals surface area contributed by atoms with E-state index in [1.807, 2.05) is 13.8 Å². The molecule has 1 rings (SSSR count). The number of hydrogen-bond acceptors (Lipinski definition) is 6. The largest absolute Gasteiger partial charge is 0.452 e. The van der Waals surface area contributed by atoms with Gasteiger partial charge in [0.25, 0.3) is 11.6 Å². The molecule has 0 radical (unpaired) electrons. The molecule has 120 valence electrons. The van der Waals surface area contributed by atoms with Crippen LogP contribution in [0.25, 0.3) is 0 Å². The van der Waals surface area contributed by atoms with Crippen LogP contribution in [0.15, 0.2) is 18.2 Å². The number of benzene rings is 1. The first-order valence-corrected chi connectivity index (χ1v) is 6.89. The first kappa shape index (κ1) is 17.4. The van der Waals surface area contributed by atoms with E-state index >= 15 is 0 Å². The molecule has 0 unspecified atom stereocenters. The molecule has 1 aromatic carbocycles. The molecule has 0 aromatic heterocycles. The van der Waals surface area contributed by atoms with Crippen molar-refractivity contribution in [2.24, 2.45) is 0 Å². The molecular weight excluding hydrogens is 290 g/mol. The predicted molar refractivity (Wildman–Crippen MR) is 80.3 cm³/mol. The maximum absolute atomic E-state index is 11.9. The van der Waals surface area contributed by atoms with Crippen LogP contribution in [0.2, 0.25) is 0 Å². The van der Waals surface area contributed by atoms with Crippen molar-refractivity contribution in [3.8, 4) is 0 Å². The number of carbonyl (C=O) groups excluding carboxylic acids is 2. The number of nitrogen functional groups attached to an aromatic ring is 1. The molecule has 0 spiro atoms. The summed E-state index contributed by atoms with van der Waals surface area (Å²) >= 11 is 0. The zero-order chi connectivity index (χ0) is 16.7. The van der Waals surface area contributed by atoms with Gasteiger partial charge in [-0.1, -0.05) is 13.8 Å². The smallest absolute Gasteiger partial charge is 0.341 e. The second-order valence-electron chi connectivity index (χ2n) is 4.69. The van der Waals surface area contributed by atoms with Crippen LogP contribution in [0.4, 0.5) is 11.4 Å². The van der Waals surface area contributed by atoms with Crippen molar-refractivity contribution in [2.45, 2.75) is 32.7 Å². The molecular formula is C14H19N3O5. The van der Waals surface area contributed by atoms with E-state index < -0.39 is 23.4 Å². The Hall–Kier alpha value is -2.64. The Morgan fingerprint density at radius 3 is 2.55 bits per heavy atom. The number of esters is 1. The number of hydrogen-bond donors (Lipinski definition) is 2. The van der Waals surface area contributed by atoms with E-state index in [4.69, 9.17) is 10.5 Å². The molecule has 8 heteroatoms. The number of nitrogens with one attached hydrogen (secondary N) is 1. The summed E-state index contributed by atoms with van der Waals surface area (Å²) < 4.78 is 4.84. The first-order valence-electron chi connectivity index (χ1n) is 6.89. The third-order valence-electron chi connectivity index (χ3n) is 3.15. The third-order valence-corrected chi connectivity index (χ3v) is 3.15. The number of nitro benzene ring substituents is 1. The van der Waals surface area contributed by atoms with Crippen molar-refractivity contribution in [3.05, 3.63) is 33.9 Å². The van der Waals surface area contributed by atoms with Crippen molar-refractivity contribution in [2.75, 3.05) is 12.3 Å². The number of nitrogens with two attached hydrogens (primary N) is 1. The Bertz CT molecular complexity index is 570. The Morgan fingerprint density at radius 2 is 2.00 bits per heavy atom. The van der Waals surface area contributed by atoms with Crippen molar-refractivity contribution < 1.29 is 19.2 Å². The standard InChI is InChI=1S/C14H19N3O5/c1-3-9(4-2)16-13(18)8-22-14(19)11-7-10(17(20)21)5-6-12(11)15/h5-7,9H,3-4,8,15H2,1-2H3,(H,16,18). The van der Waals surface area contributed by atoms with E-state index in [-0.39, 0.29) is 23.0 Å². The highest BCUT2D eigenvalue weighted by Gasteiger charge is 2.18. The van der Waals surface area contributed by atoms with Gasteiger partial charge in [-0.3, -0.25) is 14.9 Å². The number of amides is 1. The number of nitrogens with zero attached hydrogens (tertiary/aromatic N) is 1. The second-order valence-corrected chi connectivity index (χ2v) is 4.69. The van der Waals surface area contributed by atoms with E-state index in [1.54, 1.807) is 0 Å². The van der Waals surface area contributed by atoms with Crippen LogP contribution in [-0.4, -0.2) is 29.4 Å². The molecule has 1 aromatic rings. The van der Waals surface area contributed by atoms with Gasteiger partial charge in [0.1, 0.15) is 0 Å². The summed E-state index contributed by atoms with van der Waals surface area (Å²) in [5.74, 6) is -1.30. The van der Waals surface area contributed by atoms with Gasteiger partial charge in [-0.2, -0.15) is 0 Å². The molecule has 0 heterocycles. The van der Waals surface area contributed by atoms with Gasteiger partial charge in [-0.25, -0.2) is 4.79 Å². The molecule has 0 saturated heterocycles. The summed E-state index contributed by atoms with van der Waals surface area (Å²) in [6.07, 6.45) is 1.54. The monoisotopic (exact) mass is 309 g/mol. The van der Waals surface area contributed by atoms with Gasteiger partial charge in [0.2, 0.25) is 0 Å². The predicted octanol–water partition coefficient (Wildman–Crippen LogP) is 1.64. The summed E-state index contributed by atoms with van der Waals surface area (Å²) in [7, 11) is 0. The Kier molecular flexibility index (Phi) is 6.30. The molecule has 1 amide bonds. The maximum Gasteiger partial charge on any atom is 0.341 e. The van der Waals surface area contributed by atoms with Gasteiger partial charge in [0.05, 0.1) is 10.5 Å². The van der Waals surface area contributed by atoms with Crippen LogP contribution in [0.1, 0.15) is 37.0 Å². The fourth-order valence-corrected chi connectivity index (χ4v) is 1.81. The van der Waals surface area contributed by atoms with Gasteiger partial charge in [0.15, 0.2) is 6.61 Å². The zero-order valence-corrected chi connectivity index (χ0v) is 12.5. The van der Waals surface area contributed by atoms with Crippen molar-refractivity contribution in [3.63, 3.8) is 0 Å². The highest BCUT2D eigenvalue weighted by Crippen LogP contribution is 2.20. The van der Waals surface area contributed by atoms with E-state index in [0.29, 0.717) is 0 Å². The second kappa shape index (κ2) is 7.96. The molecule has 0 bridgehead atoms. The highest BCUT2D eigenvalue weighted by atomic mass is 16.6. The van der Waals surface area contributed by atoms with E-state index in [0.717, 1.165) is 18.9 Å². The van der Waals surface area contributed by atoms with Crippen LogP contribution in [-0.2, 0) is 9.53 Å². The van der Waals surface area contributed by atoms with Crippen molar-refractivity contribution in [1.29, 1.82) is 0 Å². The number of ether oxygens (including phenoxy) is 1. The number of anilines is 1. The molecule has 22 heavy (non-hydrogen) atoms. The van der Waals surface area contributed by atoms with Crippen molar-refractivity contribution >= 4 is 23.3 Å². The van der Waals surface area contributed by atoms with Gasteiger partial charge < -0.3 is 15.8 Å². The molecule has 0 atom stereocenters. The molecule has 8 nitrogen and oxygen atoms in total. The highest BCUT2D eigenvalue weighted by molar-refractivity contribution is 5.97. The van der Waals surface area contributed by atoms with Gasteiger partial charge in [0, 0.05) is 23.9 Å². The average Bonchev–Trinajstić information content (AvgIpc) is 2.50. The Balaban J connectivity index is 2.68. The van der Waals surface area contributed by atoms with Crippen LogP contribution >= 0.6 is 0 Å². The lowest BCUT2D eigenvalue weighted by Crippen LogP contribution is -2.36. The van der Waals surface area contributed by atoms with Crippen LogP contribution < -0.4 is 11.1 Å². The molecule has 0 saturated carbocycles. The number of non-ortho nitro benzene ring substituents is 1. The average molecular weight is 309 g/mol. The SMILES string of the molecule is CCC(CC)NC(=O)COC(=O)c1cc([N+](=O)[O-])ccc1N. The van der Waals surface area contributed by atoms with E-state index in [9.17, 15) is 19.7 Å². The summed E-state index contributed by atoms with van der Waals surface area (Å²) in [6.45, 7) is 3.41. The lowest BCUT2D eigenvalue weighted by Gasteiger charge is -2.14. The number of rotatable bonds is 7. The minimum absolute atomic E-state index is 0.0223. The summed E-state index contributed by atoms with van der Waals surface area (Å²) in [6, 6.07) is 3.48. The van der Waals surface area contributed by atoms with Gasteiger partial charge >= 0.3 is 5.97 Å². The molecule has 0 fully saturated rings. The fraction of sp³-hybridized carbons (Fsp3) is 0.429.